The summed E-state index contributed by atoms with van der Waals surface area (Å²) in [6, 6.07) is 7.51. The number of hydrogen-bond acceptors (Lipinski definition) is 3. The number of methoxy groups -OCH3 is 1. The molecule has 0 fully saturated rings. The lowest BCUT2D eigenvalue weighted by molar-refractivity contribution is -0.124. The van der Waals surface area contributed by atoms with Crippen LogP contribution in [-0.4, -0.2) is 25.5 Å². The number of carbonyl (C=O) groups excluding carboxylic acids is 2. The van der Waals surface area contributed by atoms with Crippen LogP contribution in [0.15, 0.2) is 24.3 Å². The summed E-state index contributed by atoms with van der Waals surface area (Å²) in [6.45, 7) is 4.48. The molecule has 1 aromatic rings. The fourth-order valence-electron chi connectivity index (χ4n) is 1.54. The van der Waals surface area contributed by atoms with Gasteiger partial charge in [0.15, 0.2) is 0 Å². The third-order valence-corrected chi connectivity index (χ3v) is 2.82. The predicted octanol–water partition coefficient (Wildman–Crippen LogP) is 1.47. The van der Waals surface area contributed by atoms with Crippen molar-refractivity contribution in [2.75, 3.05) is 13.7 Å². The Morgan fingerprint density at radius 3 is 2.35 bits per heavy atom. The van der Waals surface area contributed by atoms with E-state index in [1.165, 1.54) is 0 Å². The number of benzene rings is 1. The van der Waals surface area contributed by atoms with Crippen molar-refractivity contribution in [1.29, 1.82) is 0 Å². The normalized spacial score (nSPS) is 10.2. The van der Waals surface area contributed by atoms with Gasteiger partial charge in [-0.2, -0.15) is 0 Å². The number of rotatable bonds is 7. The summed E-state index contributed by atoms with van der Waals surface area (Å²) in [4.78, 5) is 22.9. The summed E-state index contributed by atoms with van der Waals surface area (Å²) >= 11 is 0. The molecule has 0 aliphatic carbocycles. The summed E-state index contributed by atoms with van der Waals surface area (Å²) in [7, 11) is 1.61. The Morgan fingerprint density at radius 2 is 1.80 bits per heavy atom. The van der Waals surface area contributed by atoms with E-state index in [0.29, 0.717) is 13.1 Å². The quantitative estimate of drug-likeness (QED) is 0.793. The van der Waals surface area contributed by atoms with Crippen LogP contribution in [0.2, 0.25) is 0 Å². The van der Waals surface area contributed by atoms with E-state index in [9.17, 15) is 9.59 Å². The van der Waals surface area contributed by atoms with Gasteiger partial charge in [0.05, 0.1) is 7.11 Å². The summed E-state index contributed by atoms with van der Waals surface area (Å²) in [5, 5.41) is 5.52. The van der Waals surface area contributed by atoms with Gasteiger partial charge in [-0.15, -0.1) is 0 Å². The number of carbonyl (C=O) groups is 2. The molecule has 0 atom stereocenters. The topological polar surface area (TPSA) is 67.4 Å². The van der Waals surface area contributed by atoms with Crippen LogP contribution >= 0.6 is 0 Å². The molecule has 0 aliphatic heterocycles. The lowest BCUT2D eigenvalue weighted by Crippen LogP contribution is -2.32. The van der Waals surface area contributed by atoms with Crippen LogP contribution in [0.1, 0.15) is 25.8 Å². The minimum atomic E-state index is -0.0788. The minimum absolute atomic E-state index is 0.0343. The second-order valence-corrected chi connectivity index (χ2v) is 4.82. The zero-order valence-electron chi connectivity index (χ0n) is 12.2. The molecule has 110 valence electrons. The molecule has 2 amide bonds. The Hall–Kier alpha value is -2.04. The first-order valence-corrected chi connectivity index (χ1v) is 6.70. The van der Waals surface area contributed by atoms with Gasteiger partial charge in [-0.1, -0.05) is 26.0 Å². The molecule has 20 heavy (non-hydrogen) atoms. The molecular weight excluding hydrogens is 256 g/mol. The van der Waals surface area contributed by atoms with E-state index in [1.807, 2.05) is 38.1 Å². The van der Waals surface area contributed by atoms with Gasteiger partial charge in [0.2, 0.25) is 11.8 Å². The zero-order chi connectivity index (χ0) is 15.0. The first-order chi connectivity index (χ1) is 9.52. The monoisotopic (exact) mass is 278 g/mol. The highest BCUT2D eigenvalue weighted by molar-refractivity contribution is 5.79. The molecular formula is C15H22N2O3. The van der Waals surface area contributed by atoms with Gasteiger partial charge in [-0.25, -0.2) is 0 Å². The van der Waals surface area contributed by atoms with Crippen molar-refractivity contribution in [2.45, 2.75) is 26.8 Å². The molecule has 0 heterocycles. The Bertz CT molecular complexity index is 441. The third kappa shape index (κ3) is 5.73. The maximum atomic E-state index is 11.6. The minimum Gasteiger partial charge on any atom is -0.497 e. The zero-order valence-corrected chi connectivity index (χ0v) is 12.2. The van der Waals surface area contributed by atoms with Gasteiger partial charge in [0.25, 0.3) is 0 Å². The average molecular weight is 278 g/mol. The number of nitrogens with one attached hydrogen (secondary N) is 2. The Labute approximate surface area is 119 Å². The van der Waals surface area contributed by atoms with Crippen LogP contribution < -0.4 is 15.4 Å². The smallest absolute Gasteiger partial charge is 0.222 e. The van der Waals surface area contributed by atoms with Gasteiger partial charge in [0.1, 0.15) is 5.75 Å². The van der Waals surface area contributed by atoms with Crippen molar-refractivity contribution >= 4 is 11.8 Å². The van der Waals surface area contributed by atoms with Gasteiger partial charge < -0.3 is 15.4 Å². The predicted molar refractivity (Wildman–Crippen MR) is 77.3 cm³/mol. The van der Waals surface area contributed by atoms with Crippen LogP contribution in [0, 0.1) is 5.92 Å². The summed E-state index contributed by atoms with van der Waals surface area (Å²) in [6.07, 6.45) is 0.286. The molecule has 0 unspecified atom stereocenters. The SMILES string of the molecule is COc1ccc(CNC(=O)CCNC(=O)C(C)C)cc1. The van der Waals surface area contributed by atoms with E-state index in [2.05, 4.69) is 10.6 Å². The van der Waals surface area contributed by atoms with E-state index < -0.39 is 0 Å². The highest BCUT2D eigenvalue weighted by Crippen LogP contribution is 2.10. The lowest BCUT2D eigenvalue weighted by Gasteiger charge is -2.08. The second-order valence-electron chi connectivity index (χ2n) is 4.82. The highest BCUT2D eigenvalue weighted by Gasteiger charge is 2.07. The fraction of sp³-hybridized carbons (Fsp3) is 0.467. The molecule has 0 aromatic heterocycles. The molecule has 0 saturated carbocycles. The van der Waals surface area contributed by atoms with Crippen molar-refractivity contribution in [1.82, 2.24) is 10.6 Å². The third-order valence-electron chi connectivity index (χ3n) is 2.82. The molecule has 5 nitrogen and oxygen atoms in total. The molecule has 1 aromatic carbocycles. The van der Waals surface area contributed by atoms with Gasteiger partial charge in [-0.05, 0) is 17.7 Å². The molecule has 0 spiro atoms. The number of amides is 2. The van der Waals surface area contributed by atoms with Gasteiger partial charge >= 0.3 is 0 Å². The second kappa shape index (κ2) is 8.19. The molecule has 0 aliphatic rings. The maximum Gasteiger partial charge on any atom is 0.222 e. The standard InChI is InChI=1S/C15H22N2O3/c1-11(2)15(19)16-9-8-14(18)17-10-12-4-6-13(20-3)7-5-12/h4-7,11H,8-10H2,1-3H3,(H,16,19)(H,17,18). The van der Waals surface area contributed by atoms with Crippen LogP contribution in [-0.2, 0) is 16.1 Å². The fourth-order valence-corrected chi connectivity index (χ4v) is 1.54. The number of hydrogen-bond donors (Lipinski definition) is 2. The summed E-state index contributed by atoms with van der Waals surface area (Å²) in [5.41, 5.74) is 1.00. The van der Waals surface area contributed by atoms with E-state index in [-0.39, 0.29) is 24.2 Å². The van der Waals surface area contributed by atoms with Crippen LogP contribution in [0.5, 0.6) is 5.75 Å². The molecule has 0 saturated heterocycles. The summed E-state index contributed by atoms with van der Waals surface area (Å²) in [5.74, 6) is 0.617. The van der Waals surface area contributed by atoms with Crippen molar-refractivity contribution < 1.29 is 14.3 Å². The van der Waals surface area contributed by atoms with E-state index in [4.69, 9.17) is 4.74 Å². The molecule has 0 radical (unpaired) electrons. The molecule has 2 N–H and O–H groups in total. The molecule has 1 rings (SSSR count). The van der Waals surface area contributed by atoms with E-state index in [1.54, 1.807) is 7.11 Å². The van der Waals surface area contributed by atoms with Crippen molar-refractivity contribution in [3.8, 4) is 5.75 Å². The summed E-state index contributed by atoms with van der Waals surface area (Å²) < 4.78 is 5.06. The van der Waals surface area contributed by atoms with Gasteiger partial charge in [-0.3, -0.25) is 9.59 Å². The lowest BCUT2D eigenvalue weighted by atomic mass is 10.2. The molecule has 0 bridgehead atoms. The van der Waals surface area contributed by atoms with E-state index >= 15 is 0 Å². The first-order valence-electron chi connectivity index (χ1n) is 6.70. The maximum absolute atomic E-state index is 11.6. The highest BCUT2D eigenvalue weighted by atomic mass is 16.5. The van der Waals surface area contributed by atoms with Crippen molar-refractivity contribution in [3.63, 3.8) is 0 Å². The van der Waals surface area contributed by atoms with Crippen molar-refractivity contribution in [3.05, 3.63) is 29.8 Å². The average Bonchev–Trinajstić information content (AvgIpc) is 2.45. The van der Waals surface area contributed by atoms with Gasteiger partial charge in [0, 0.05) is 25.4 Å². The van der Waals surface area contributed by atoms with Crippen LogP contribution in [0.25, 0.3) is 0 Å². The van der Waals surface area contributed by atoms with Crippen LogP contribution in [0.3, 0.4) is 0 Å². The molecule has 5 heteroatoms. The Balaban J connectivity index is 2.24. The largest absolute Gasteiger partial charge is 0.497 e. The first kappa shape index (κ1) is 16.0. The Morgan fingerprint density at radius 1 is 1.15 bits per heavy atom. The van der Waals surface area contributed by atoms with Crippen LogP contribution in [0.4, 0.5) is 0 Å². The van der Waals surface area contributed by atoms with Crippen molar-refractivity contribution in [2.24, 2.45) is 5.92 Å². The van der Waals surface area contributed by atoms with E-state index in [0.717, 1.165) is 11.3 Å². The Kier molecular flexibility index (Phi) is 6.56. The number of ether oxygens (including phenoxy) is 1.